The lowest BCUT2D eigenvalue weighted by atomic mass is 9.70. The fourth-order valence-corrected chi connectivity index (χ4v) is 30.5. The van der Waals surface area contributed by atoms with Crippen LogP contribution >= 0.6 is 89.2 Å². The molecule has 2 aliphatic rings. The minimum atomic E-state index is -2.77. The van der Waals surface area contributed by atoms with Gasteiger partial charge in [0.15, 0.2) is 0 Å². The van der Waals surface area contributed by atoms with Gasteiger partial charge in [-0.1, -0.05) is 89.2 Å². The van der Waals surface area contributed by atoms with Crippen molar-refractivity contribution >= 4 is 134 Å². The largest absolute Gasteiger partial charge is 0.501 e. The Morgan fingerprint density at radius 2 is 0.562 bits per heavy atom. The van der Waals surface area contributed by atoms with E-state index in [1.807, 2.05) is 126 Å². The van der Waals surface area contributed by atoms with E-state index in [0.29, 0.717) is 103 Å². The molecule has 0 aromatic heterocycles. The van der Waals surface area contributed by atoms with Gasteiger partial charge in [0, 0.05) is 138 Å². The molecule has 0 aromatic rings. The predicted molar refractivity (Wildman–Crippen MR) is 367 cm³/mol. The van der Waals surface area contributed by atoms with E-state index in [4.69, 9.17) is 77.5 Å². The minimum Gasteiger partial charge on any atom is -0.374 e. The summed E-state index contributed by atoms with van der Waals surface area (Å²) in [6, 6.07) is 3.27. The number of hydrogen-bond donors (Lipinski definition) is 0. The first-order valence-electron chi connectivity index (χ1n) is 31.3. The van der Waals surface area contributed by atoms with E-state index >= 15 is 0 Å². The highest BCUT2D eigenvalue weighted by molar-refractivity contribution is 8.77. The maximum atomic E-state index is 6.36. The van der Waals surface area contributed by atoms with E-state index < -0.39 is 35.2 Å². The SMILES string of the molecule is CCO[Si](CCCSSCCC1CC(CCSSCCC2CCC(C(=S)CC[Si](OCC)(OCC)OCC)C(CCSSCCC[Si](OCC)(OCC)OCC)C2)CCC1C(=S)CC[Si](OCC)(OCC)OCC)(OCC)OCC. The van der Waals surface area contributed by atoms with Gasteiger partial charge < -0.3 is 53.1 Å². The Hall–Kier alpha value is 2.67. The molecule has 0 spiro atoms. The summed E-state index contributed by atoms with van der Waals surface area (Å²) in [6.45, 7) is 31.7. The zero-order valence-electron chi connectivity index (χ0n) is 52.1. The van der Waals surface area contributed by atoms with Gasteiger partial charge in [0.1, 0.15) is 0 Å². The highest BCUT2D eigenvalue weighted by Crippen LogP contribution is 2.44. The van der Waals surface area contributed by atoms with Gasteiger partial charge in [0.25, 0.3) is 0 Å². The molecule has 0 N–H and O–H groups in total. The third kappa shape index (κ3) is 31.4. The lowest BCUT2D eigenvalue weighted by Gasteiger charge is -2.38. The van der Waals surface area contributed by atoms with Crippen LogP contribution in [0.3, 0.4) is 0 Å². The normalized spacial score (nSPS) is 20.4. The lowest BCUT2D eigenvalue weighted by molar-refractivity contribution is 0.0704. The van der Waals surface area contributed by atoms with Crippen molar-refractivity contribution in [1.29, 1.82) is 0 Å². The van der Waals surface area contributed by atoms with Gasteiger partial charge in [0.05, 0.1) is 0 Å². The van der Waals surface area contributed by atoms with Gasteiger partial charge in [-0.15, -0.1) is 0 Å². The Bertz CT molecular complexity index is 1370. The molecular weight excluding hydrogens is 1230 g/mol. The molecular formula is C56H114O12S8Si4. The second kappa shape index (κ2) is 48.5. The number of thiocarbonyl (C=S) groups is 2. The molecule has 2 fully saturated rings. The first-order chi connectivity index (χ1) is 38.8. The Morgan fingerprint density at radius 1 is 0.325 bits per heavy atom. The average molecular weight is 1350 g/mol. The van der Waals surface area contributed by atoms with Crippen molar-refractivity contribution in [2.24, 2.45) is 35.5 Å². The minimum absolute atomic E-state index is 0.460. The molecule has 2 rings (SSSR count). The fourth-order valence-electron chi connectivity index (χ4n) is 11.5. The molecule has 0 heterocycles. The molecule has 80 heavy (non-hydrogen) atoms. The number of hydrogen-bond acceptors (Lipinski definition) is 20. The van der Waals surface area contributed by atoms with Gasteiger partial charge in [0.2, 0.25) is 0 Å². The summed E-state index contributed by atoms with van der Waals surface area (Å²) in [5.41, 5.74) is 0. The van der Waals surface area contributed by atoms with Gasteiger partial charge >= 0.3 is 35.2 Å². The van der Waals surface area contributed by atoms with Crippen molar-refractivity contribution in [3.8, 4) is 0 Å². The zero-order chi connectivity index (χ0) is 58.8. The van der Waals surface area contributed by atoms with Crippen LogP contribution in [0.1, 0.15) is 173 Å². The third-order valence-corrected chi connectivity index (χ3v) is 35.7. The summed E-state index contributed by atoms with van der Waals surface area (Å²) in [6.07, 6.45) is 16.1. The van der Waals surface area contributed by atoms with Gasteiger partial charge in [-0.05, 0) is 218 Å². The summed E-state index contributed by atoms with van der Waals surface area (Å²) in [7, 11) is 1.49. The molecule has 6 atom stereocenters. The molecule has 0 amide bonds. The molecule has 0 radical (unpaired) electrons. The van der Waals surface area contributed by atoms with Crippen LogP contribution in [0.15, 0.2) is 0 Å². The van der Waals surface area contributed by atoms with Gasteiger partial charge in [-0.25, -0.2) is 0 Å². The quantitative estimate of drug-likeness (QED) is 0.0249. The van der Waals surface area contributed by atoms with E-state index in [0.717, 1.165) is 84.7 Å². The molecule has 2 aliphatic carbocycles. The summed E-state index contributed by atoms with van der Waals surface area (Å²) in [5, 5.41) is 0. The van der Waals surface area contributed by atoms with Crippen molar-refractivity contribution < 1.29 is 53.1 Å². The number of rotatable bonds is 55. The van der Waals surface area contributed by atoms with Crippen molar-refractivity contribution in [1.82, 2.24) is 0 Å². The summed E-state index contributed by atoms with van der Waals surface area (Å²) in [5.74, 6) is 10.5. The van der Waals surface area contributed by atoms with Crippen LogP contribution in [0.5, 0.6) is 0 Å². The Labute approximate surface area is 529 Å². The van der Waals surface area contributed by atoms with Crippen molar-refractivity contribution in [3.05, 3.63) is 0 Å². The Morgan fingerprint density at radius 3 is 0.825 bits per heavy atom. The standard InChI is InChI=1S/C56H114O12S8Si4/c1-13-57-77(58-14-2,59-15-3)43-25-37-71-75-41-33-51-47-49(27-29-53(51)55(69)35-45-79(63-19-7,64-20-8)65-21-9)31-39-73-74-40-32-50-28-30-54(56(70)36-46-80(66-22-10,67-23-11)68-24-12)52(48-50)34-42-76-72-38-26-44-78(60-16-4,61-17-5)62-18-6/h49-54H,13-48H2,1-12H3. The van der Waals surface area contributed by atoms with E-state index in [-0.39, 0.29) is 0 Å². The van der Waals surface area contributed by atoms with Crippen LogP contribution in [0, 0.1) is 35.5 Å². The molecule has 6 unspecified atom stereocenters. The molecule has 2 saturated carbocycles. The maximum Gasteiger partial charge on any atom is 0.501 e. The van der Waals surface area contributed by atoms with Crippen molar-refractivity contribution in [3.63, 3.8) is 0 Å². The first kappa shape index (κ1) is 78.8. The van der Waals surface area contributed by atoms with Crippen LogP contribution in [0.4, 0.5) is 0 Å². The monoisotopic (exact) mass is 1350 g/mol. The van der Waals surface area contributed by atoms with Crippen LogP contribution < -0.4 is 0 Å². The molecule has 0 aliphatic heterocycles. The molecule has 474 valence electrons. The van der Waals surface area contributed by atoms with Gasteiger partial charge in [-0.3, -0.25) is 0 Å². The van der Waals surface area contributed by atoms with E-state index in [2.05, 4.69) is 21.6 Å². The maximum absolute atomic E-state index is 6.36. The third-order valence-electron chi connectivity index (χ3n) is 14.8. The van der Waals surface area contributed by atoms with Gasteiger partial charge in [-0.2, -0.15) is 0 Å². The Balaban J connectivity index is 2.03. The fraction of sp³-hybridized carbons (Fsp3) is 0.964. The molecule has 0 saturated heterocycles. The smallest absolute Gasteiger partial charge is 0.374 e. The zero-order valence-corrected chi connectivity index (χ0v) is 62.6. The summed E-state index contributed by atoms with van der Waals surface area (Å²) >= 11 is 12.7. The second-order valence-electron chi connectivity index (χ2n) is 20.2. The summed E-state index contributed by atoms with van der Waals surface area (Å²) < 4.78 is 74.3. The highest BCUT2D eigenvalue weighted by atomic mass is 33.1. The Kier molecular flexibility index (Phi) is 47.8. The van der Waals surface area contributed by atoms with Crippen molar-refractivity contribution in [2.45, 2.75) is 197 Å². The second-order valence-corrected chi connectivity index (χ2v) is 40.3. The van der Waals surface area contributed by atoms with E-state index in [9.17, 15) is 0 Å². The predicted octanol–water partition coefficient (Wildman–Crippen LogP) is 17.2. The summed E-state index contributed by atoms with van der Waals surface area (Å²) in [4.78, 5) is 2.41. The topological polar surface area (TPSA) is 111 Å². The molecule has 0 aromatic carbocycles. The van der Waals surface area contributed by atoms with E-state index in [1.54, 1.807) is 0 Å². The molecule has 24 heteroatoms. The van der Waals surface area contributed by atoms with Crippen LogP contribution in [0.25, 0.3) is 0 Å². The van der Waals surface area contributed by atoms with Crippen LogP contribution in [-0.2, 0) is 53.1 Å². The van der Waals surface area contributed by atoms with Crippen molar-refractivity contribution in [2.75, 3.05) is 114 Å². The average Bonchev–Trinajstić information content (AvgIpc) is 3.44. The highest BCUT2D eigenvalue weighted by Gasteiger charge is 2.44. The molecule has 0 bridgehead atoms. The molecule has 12 nitrogen and oxygen atoms in total. The van der Waals surface area contributed by atoms with E-state index in [1.165, 1.54) is 85.4 Å². The van der Waals surface area contributed by atoms with Crippen LogP contribution in [0.2, 0.25) is 24.2 Å². The first-order valence-corrected chi connectivity index (χ1v) is 47.3. The lowest BCUT2D eigenvalue weighted by Crippen LogP contribution is -2.46. The van der Waals surface area contributed by atoms with Crippen LogP contribution in [-0.4, -0.2) is 159 Å².